The van der Waals surface area contributed by atoms with E-state index in [-0.39, 0.29) is 11.9 Å². The highest BCUT2D eigenvalue weighted by Gasteiger charge is 2.26. The zero-order valence-corrected chi connectivity index (χ0v) is 14.0. The maximum absolute atomic E-state index is 12.0. The number of benzene rings is 1. The van der Waals surface area contributed by atoms with Gasteiger partial charge in [-0.3, -0.25) is 9.36 Å². The first kappa shape index (κ1) is 18.1. The molecule has 1 aromatic carbocycles. The summed E-state index contributed by atoms with van der Waals surface area (Å²) in [6.07, 6.45) is 3.14. The van der Waals surface area contributed by atoms with Crippen molar-refractivity contribution in [2.75, 3.05) is 20.4 Å². The van der Waals surface area contributed by atoms with Crippen molar-refractivity contribution in [3.8, 4) is 0 Å². The molecular weight excluding hydrogens is 287 g/mol. The van der Waals surface area contributed by atoms with Crippen molar-refractivity contribution in [3.63, 3.8) is 0 Å². The maximum Gasteiger partial charge on any atom is 0.337 e. The topological polar surface area (TPSA) is 52.6 Å². The Hall–Kier alpha value is -0.960. The minimum absolute atomic E-state index is 0.0538. The molecule has 0 fully saturated rings. The summed E-state index contributed by atoms with van der Waals surface area (Å²) in [5.41, 5.74) is 1.28. The third-order valence-electron chi connectivity index (χ3n) is 3.70. The lowest BCUT2D eigenvalue weighted by molar-refractivity contribution is -0.117. The van der Waals surface area contributed by atoms with Crippen LogP contribution in [0.1, 0.15) is 31.7 Å². The molecule has 0 spiro atoms. The van der Waals surface area contributed by atoms with E-state index in [9.17, 15) is 9.36 Å². The molecular formula is C16H25O4P. The fourth-order valence-corrected chi connectivity index (χ4v) is 3.24. The third-order valence-corrected chi connectivity index (χ3v) is 5.56. The van der Waals surface area contributed by atoms with Crippen molar-refractivity contribution in [2.24, 2.45) is 5.92 Å². The normalized spacial score (nSPS) is 13.1. The summed E-state index contributed by atoms with van der Waals surface area (Å²) in [5, 5.41) is 0. The molecule has 21 heavy (non-hydrogen) atoms. The molecule has 1 atom stereocenters. The van der Waals surface area contributed by atoms with Crippen LogP contribution < -0.4 is 0 Å². The predicted octanol–water partition coefficient (Wildman–Crippen LogP) is 4.09. The molecule has 0 aromatic heterocycles. The molecule has 0 aliphatic carbocycles. The van der Waals surface area contributed by atoms with Gasteiger partial charge < -0.3 is 9.05 Å². The quantitative estimate of drug-likeness (QED) is 0.611. The molecule has 0 bridgehead atoms. The molecule has 118 valence electrons. The van der Waals surface area contributed by atoms with Crippen LogP contribution in [-0.2, 0) is 24.8 Å². The van der Waals surface area contributed by atoms with E-state index < -0.39 is 7.60 Å². The second-order valence-corrected chi connectivity index (χ2v) is 7.44. The molecule has 4 nitrogen and oxygen atoms in total. The summed E-state index contributed by atoms with van der Waals surface area (Å²) < 4.78 is 21.6. The first-order valence-corrected chi connectivity index (χ1v) is 9.02. The lowest BCUT2D eigenvalue weighted by Crippen LogP contribution is -2.13. The maximum atomic E-state index is 12.0. The van der Waals surface area contributed by atoms with E-state index in [4.69, 9.17) is 9.05 Å². The van der Waals surface area contributed by atoms with E-state index in [1.807, 2.05) is 18.2 Å². The van der Waals surface area contributed by atoms with Crippen LogP contribution in [-0.4, -0.2) is 26.2 Å². The summed E-state index contributed by atoms with van der Waals surface area (Å²) in [5.74, 6) is 0.252. The fourth-order valence-electron chi connectivity index (χ4n) is 2.27. The van der Waals surface area contributed by atoms with Gasteiger partial charge in [0.15, 0.2) is 0 Å². The number of aryl methyl sites for hydroxylation is 1. The minimum Gasteiger partial charge on any atom is -0.312 e. The molecule has 1 aromatic rings. The van der Waals surface area contributed by atoms with E-state index in [0.29, 0.717) is 12.3 Å². The Morgan fingerprint density at radius 2 is 1.81 bits per heavy atom. The molecule has 0 N–H and O–H groups in total. The highest BCUT2D eigenvalue weighted by molar-refractivity contribution is 7.54. The number of carbonyl (C=O) groups excluding carboxylic acids is 1. The summed E-state index contributed by atoms with van der Waals surface area (Å²) in [7, 11) is -0.611. The van der Waals surface area contributed by atoms with E-state index >= 15 is 0 Å². The molecule has 0 saturated heterocycles. The number of Topliss-reactive ketones (excluding diaryl/α,β-unsaturated/α-hetero) is 1. The van der Waals surface area contributed by atoms with Crippen LogP contribution in [0.2, 0.25) is 0 Å². The zero-order chi connectivity index (χ0) is 15.7. The van der Waals surface area contributed by atoms with Gasteiger partial charge in [-0.25, -0.2) is 0 Å². The van der Waals surface area contributed by atoms with Crippen molar-refractivity contribution < 1.29 is 18.4 Å². The number of ketones is 1. The lowest BCUT2D eigenvalue weighted by Gasteiger charge is -2.16. The van der Waals surface area contributed by atoms with Crippen LogP contribution in [0.25, 0.3) is 0 Å². The van der Waals surface area contributed by atoms with Gasteiger partial charge in [0.2, 0.25) is 0 Å². The van der Waals surface area contributed by atoms with E-state index in [1.54, 1.807) is 0 Å². The first-order valence-electron chi connectivity index (χ1n) is 7.29. The Kier molecular flexibility index (Phi) is 7.87. The van der Waals surface area contributed by atoms with E-state index in [0.717, 1.165) is 19.3 Å². The van der Waals surface area contributed by atoms with Crippen molar-refractivity contribution in [1.82, 2.24) is 0 Å². The monoisotopic (exact) mass is 312 g/mol. The summed E-state index contributed by atoms with van der Waals surface area (Å²) >= 11 is 0. The van der Waals surface area contributed by atoms with Crippen LogP contribution in [0, 0.1) is 5.92 Å². The van der Waals surface area contributed by atoms with Gasteiger partial charge in [-0.15, -0.1) is 0 Å². The van der Waals surface area contributed by atoms with Gasteiger partial charge in [-0.2, -0.15) is 0 Å². The molecule has 0 aliphatic rings. The number of hydrogen-bond donors (Lipinski definition) is 0. The van der Waals surface area contributed by atoms with Gasteiger partial charge in [-0.05, 0) is 24.3 Å². The van der Waals surface area contributed by atoms with Gasteiger partial charge in [0, 0.05) is 20.6 Å². The van der Waals surface area contributed by atoms with Crippen LogP contribution in [0.3, 0.4) is 0 Å². The van der Waals surface area contributed by atoms with Crippen LogP contribution in [0.15, 0.2) is 30.3 Å². The summed E-state index contributed by atoms with van der Waals surface area (Å²) in [6, 6.07) is 10.2. The molecule has 1 rings (SSSR count). The van der Waals surface area contributed by atoms with Crippen LogP contribution >= 0.6 is 7.60 Å². The standard InChI is InChI=1S/C16H25O4P/c1-4-14(10-11-15-8-6-5-7-9-15)12-16(17)13-21(18,19-2)20-3/h5-9,14H,4,10-13H2,1-3H3/t14-/m0/s1. The fraction of sp³-hybridized carbons (Fsp3) is 0.562. The van der Waals surface area contributed by atoms with Gasteiger partial charge in [0.05, 0.1) is 0 Å². The second kappa shape index (κ2) is 9.14. The Bertz CT molecular complexity index is 464. The predicted molar refractivity (Wildman–Crippen MR) is 84.7 cm³/mol. The highest BCUT2D eigenvalue weighted by atomic mass is 31.2. The van der Waals surface area contributed by atoms with Crippen molar-refractivity contribution in [1.29, 1.82) is 0 Å². The number of rotatable bonds is 10. The molecule has 0 radical (unpaired) electrons. The summed E-state index contributed by atoms with van der Waals surface area (Å²) in [4.78, 5) is 12.0. The molecule has 0 amide bonds. The Morgan fingerprint density at radius 1 is 1.19 bits per heavy atom. The molecule has 0 aliphatic heterocycles. The van der Waals surface area contributed by atoms with E-state index in [1.165, 1.54) is 19.8 Å². The van der Waals surface area contributed by atoms with Crippen molar-refractivity contribution in [2.45, 2.75) is 32.6 Å². The second-order valence-electron chi connectivity index (χ2n) is 5.18. The lowest BCUT2D eigenvalue weighted by atomic mass is 9.93. The van der Waals surface area contributed by atoms with Crippen molar-refractivity contribution >= 4 is 13.4 Å². The SMILES string of the molecule is CC[C@@H](CCc1ccccc1)CC(=O)CP(=O)(OC)OC. The molecule has 0 saturated carbocycles. The van der Waals surface area contributed by atoms with Gasteiger partial charge in [0.25, 0.3) is 0 Å². The average molecular weight is 312 g/mol. The Labute approximate surface area is 127 Å². The first-order chi connectivity index (χ1) is 10.0. The largest absolute Gasteiger partial charge is 0.337 e. The van der Waals surface area contributed by atoms with Gasteiger partial charge in [0.1, 0.15) is 11.9 Å². The number of carbonyl (C=O) groups is 1. The molecule has 0 heterocycles. The van der Waals surface area contributed by atoms with Gasteiger partial charge >= 0.3 is 7.60 Å². The van der Waals surface area contributed by atoms with Crippen LogP contribution in [0.4, 0.5) is 0 Å². The third kappa shape index (κ3) is 6.56. The summed E-state index contributed by atoms with van der Waals surface area (Å²) in [6.45, 7) is 2.08. The molecule has 5 heteroatoms. The van der Waals surface area contributed by atoms with E-state index in [2.05, 4.69) is 19.1 Å². The zero-order valence-electron chi connectivity index (χ0n) is 13.1. The smallest absolute Gasteiger partial charge is 0.312 e. The molecule has 0 unspecified atom stereocenters. The Morgan fingerprint density at radius 3 is 2.33 bits per heavy atom. The van der Waals surface area contributed by atoms with Crippen LogP contribution in [0.5, 0.6) is 0 Å². The van der Waals surface area contributed by atoms with Crippen molar-refractivity contribution in [3.05, 3.63) is 35.9 Å². The Balaban J connectivity index is 2.46. The number of hydrogen-bond acceptors (Lipinski definition) is 4. The minimum atomic E-state index is -3.23. The highest BCUT2D eigenvalue weighted by Crippen LogP contribution is 2.46. The van der Waals surface area contributed by atoms with Gasteiger partial charge in [-0.1, -0.05) is 43.7 Å². The average Bonchev–Trinajstić information content (AvgIpc) is 2.52.